The first-order chi connectivity index (χ1) is 13.1. The molecule has 0 spiro atoms. The Morgan fingerprint density at radius 2 is 1.82 bits per heavy atom. The number of hydrogen-bond donors (Lipinski definition) is 3. The van der Waals surface area contributed by atoms with Crippen LogP contribution >= 0.6 is 11.3 Å². The minimum absolute atomic E-state index is 0.0333. The van der Waals surface area contributed by atoms with E-state index in [4.69, 9.17) is 5.73 Å². The van der Waals surface area contributed by atoms with E-state index in [1.807, 2.05) is 24.3 Å². The number of amides is 2. The van der Waals surface area contributed by atoms with Crippen molar-refractivity contribution >= 4 is 28.2 Å². The van der Waals surface area contributed by atoms with E-state index in [2.05, 4.69) is 39.9 Å². The average Bonchev–Trinajstić information content (AvgIpc) is 2.98. The molecule has 0 saturated heterocycles. The second-order valence-corrected chi connectivity index (χ2v) is 9.95. The first-order valence-electron chi connectivity index (χ1n) is 9.78. The van der Waals surface area contributed by atoms with Gasteiger partial charge < -0.3 is 16.0 Å². The minimum atomic E-state index is -0.469. The Labute approximate surface area is 170 Å². The third-order valence-corrected chi connectivity index (χ3v) is 6.62. The third-order valence-electron chi connectivity index (χ3n) is 5.48. The maximum absolute atomic E-state index is 12.8. The molecule has 0 radical (unpaired) electrons. The molecule has 3 rings (SSSR count). The summed E-state index contributed by atoms with van der Waals surface area (Å²) in [6.07, 6.45) is 0.813. The van der Waals surface area contributed by atoms with Gasteiger partial charge >= 0.3 is 0 Å². The highest BCUT2D eigenvalue weighted by Crippen LogP contribution is 2.35. The molecule has 6 heteroatoms. The van der Waals surface area contributed by atoms with Crippen LogP contribution < -0.4 is 16.0 Å². The first kappa shape index (κ1) is 20.6. The lowest BCUT2D eigenvalue weighted by Gasteiger charge is -2.27. The molecule has 28 heavy (non-hydrogen) atoms. The van der Waals surface area contributed by atoms with Gasteiger partial charge in [0.15, 0.2) is 0 Å². The number of thiophene rings is 1. The molecule has 5 nitrogen and oxygen atoms in total. The maximum Gasteiger partial charge on any atom is 0.256 e. The summed E-state index contributed by atoms with van der Waals surface area (Å²) in [5.41, 5.74) is 8.95. The van der Waals surface area contributed by atoms with Gasteiger partial charge in [0, 0.05) is 12.0 Å². The Balaban J connectivity index is 1.86. The van der Waals surface area contributed by atoms with E-state index in [-0.39, 0.29) is 11.3 Å². The minimum Gasteiger partial charge on any atom is -0.365 e. The number of fused-ring (bicyclic) bond motifs is 1. The zero-order chi connectivity index (χ0) is 20.6. The fourth-order valence-electron chi connectivity index (χ4n) is 3.64. The predicted octanol–water partition coefficient (Wildman–Crippen LogP) is 2.75. The lowest BCUT2D eigenvalue weighted by Crippen LogP contribution is -3.14. The van der Waals surface area contributed by atoms with Crippen LogP contribution in [-0.2, 0) is 18.4 Å². The van der Waals surface area contributed by atoms with Crippen molar-refractivity contribution in [3.8, 4) is 0 Å². The summed E-state index contributed by atoms with van der Waals surface area (Å²) in [6, 6.07) is 8.14. The molecule has 2 amide bonds. The Morgan fingerprint density at radius 1 is 1.18 bits per heavy atom. The fraction of sp³-hybridized carbons (Fsp3) is 0.455. The molecule has 1 aromatic carbocycles. The summed E-state index contributed by atoms with van der Waals surface area (Å²) in [7, 11) is 0. The van der Waals surface area contributed by atoms with Gasteiger partial charge in [-0.3, -0.25) is 9.59 Å². The third kappa shape index (κ3) is 4.13. The van der Waals surface area contributed by atoms with E-state index >= 15 is 0 Å². The van der Waals surface area contributed by atoms with Crippen molar-refractivity contribution in [1.29, 1.82) is 0 Å². The topological polar surface area (TPSA) is 76.6 Å². The second kappa shape index (κ2) is 7.68. The molecule has 0 saturated carbocycles. The molecule has 4 N–H and O–H groups in total. The Kier molecular flexibility index (Phi) is 5.64. The van der Waals surface area contributed by atoms with Gasteiger partial charge in [0.25, 0.3) is 11.8 Å². The molecule has 1 aromatic heterocycles. The Morgan fingerprint density at radius 3 is 2.36 bits per heavy atom. The van der Waals surface area contributed by atoms with Crippen LogP contribution in [0.25, 0.3) is 0 Å². The summed E-state index contributed by atoms with van der Waals surface area (Å²) >= 11 is 1.49. The van der Waals surface area contributed by atoms with Crippen molar-refractivity contribution in [2.75, 3.05) is 11.9 Å². The predicted molar refractivity (Wildman–Crippen MR) is 114 cm³/mol. The molecule has 0 fully saturated rings. The highest BCUT2D eigenvalue weighted by atomic mass is 32.1. The van der Waals surface area contributed by atoms with Gasteiger partial charge in [-0.2, -0.15) is 0 Å². The number of nitrogens with two attached hydrogens (primary N) is 1. The largest absolute Gasteiger partial charge is 0.365 e. The first-order valence-corrected chi connectivity index (χ1v) is 10.6. The highest BCUT2D eigenvalue weighted by molar-refractivity contribution is 7.17. The molecular formula is C22H30N3O2S+. The molecule has 0 bridgehead atoms. The number of hydrogen-bond acceptors (Lipinski definition) is 3. The monoisotopic (exact) mass is 400 g/mol. The van der Waals surface area contributed by atoms with Gasteiger partial charge in [-0.1, -0.05) is 32.9 Å². The molecule has 1 unspecified atom stereocenters. The molecular weight excluding hydrogens is 370 g/mol. The van der Waals surface area contributed by atoms with Crippen LogP contribution in [-0.4, -0.2) is 24.4 Å². The molecule has 1 atom stereocenters. The Hall–Kier alpha value is -2.18. The summed E-state index contributed by atoms with van der Waals surface area (Å²) in [4.78, 5) is 27.5. The fourth-order valence-corrected chi connectivity index (χ4v) is 4.94. The van der Waals surface area contributed by atoms with E-state index in [9.17, 15) is 9.59 Å². The number of carbonyl (C=O) groups excluding carboxylic acids is 2. The molecule has 1 aliphatic rings. The lowest BCUT2D eigenvalue weighted by molar-refractivity contribution is -0.936. The van der Waals surface area contributed by atoms with Gasteiger partial charge in [0.2, 0.25) is 0 Å². The Bertz CT molecular complexity index is 892. The van der Waals surface area contributed by atoms with Gasteiger partial charge in [-0.25, -0.2) is 0 Å². The van der Waals surface area contributed by atoms with Crippen molar-refractivity contribution in [3.05, 3.63) is 51.4 Å². The lowest BCUT2D eigenvalue weighted by atomic mass is 9.87. The van der Waals surface area contributed by atoms with Gasteiger partial charge in [0.1, 0.15) is 11.5 Å². The number of carbonyl (C=O) groups is 2. The standard InChI is InChI=1S/C22H29N3O2S/c1-13(2)25-11-10-16-17(12-25)28-21(18(16)19(23)26)24-20(27)14-6-8-15(9-7-14)22(3,4)5/h6-9,13H,10-12H2,1-5H3,(H2,23,26)(H,24,27)/p+1. The number of anilines is 1. The van der Waals surface area contributed by atoms with Gasteiger partial charge in [0.05, 0.1) is 23.0 Å². The summed E-state index contributed by atoms with van der Waals surface area (Å²) in [5.74, 6) is -0.682. The van der Waals surface area contributed by atoms with Crippen LogP contribution in [0.3, 0.4) is 0 Å². The van der Waals surface area contributed by atoms with Gasteiger partial charge in [-0.15, -0.1) is 11.3 Å². The van der Waals surface area contributed by atoms with Crippen molar-refractivity contribution in [1.82, 2.24) is 0 Å². The molecule has 2 heterocycles. The molecule has 150 valence electrons. The van der Waals surface area contributed by atoms with E-state index in [1.54, 1.807) is 0 Å². The molecule has 2 aromatic rings. The number of benzene rings is 1. The van der Waals surface area contributed by atoms with Crippen LogP contribution in [0.15, 0.2) is 24.3 Å². The SMILES string of the molecule is CC(C)[NH+]1CCc2c(sc(NC(=O)c3ccc(C(C)(C)C)cc3)c2C(N)=O)C1. The van der Waals surface area contributed by atoms with Crippen molar-refractivity contribution in [3.63, 3.8) is 0 Å². The number of primary amides is 1. The number of quaternary nitrogens is 1. The normalized spacial score (nSPS) is 16.7. The van der Waals surface area contributed by atoms with Crippen LogP contribution in [0.5, 0.6) is 0 Å². The summed E-state index contributed by atoms with van der Waals surface area (Å²) in [5, 5.41) is 3.51. The van der Waals surface area contributed by atoms with E-state index in [1.165, 1.54) is 21.8 Å². The average molecular weight is 401 g/mol. The maximum atomic E-state index is 12.8. The van der Waals surface area contributed by atoms with E-state index < -0.39 is 5.91 Å². The van der Waals surface area contributed by atoms with Crippen LogP contribution in [0, 0.1) is 0 Å². The quantitative estimate of drug-likeness (QED) is 0.738. The zero-order valence-corrected chi connectivity index (χ0v) is 18.1. The second-order valence-electron chi connectivity index (χ2n) is 8.84. The van der Waals surface area contributed by atoms with Crippen LogP contribution in [0.4, 0.5) is 5.00 Å². The number of rotatable bonds is 4. The van der Waals surface area contributed by atoms with E-state index in [0.717, 1.165) is 30.0 Å². The smallest absolute Gasteiger partial charge is 0.256 e. The number of nitrogens with one attached hydrogen (secondary N) is 2. The summed E-state index contributed by atoms with van der Waals surface area (Å²) < 4.78 is 0. The molecule has 0 aliphatic carbocycles. The zero-order valence-electron chi connectivity index (χ0n) is 17.3. The van der Waals surface area contributed by atoms with Gasteiger partial charge in [-0.05, 0) is 42.5 Å². The van der Waals surface area contributed by atoms with Crippen molar-refractivity contribution in [2.45, 2.75) is 59.0 Å². The van der Waals surface area contributed by atoms with Crippen molar-refractivity contribution in [2.24, 2.45) is 5.73 Å². The van der Waals surface area contributed by atoms with Crippen LogP contribution in [0.1, 0.15) is 71.3 Å². The highest BCUT2D eigenvalue weighted by Gasteiger charge is 2.30. The molecule has 1 aliphatic heterocycles. The summed E-state index contributed by atoms with van der Waals surface area (Å²) in [6.45, 7) is 12.7. The van der Waals surface area contributed by atoms with Crippen LogP contribution in [0.2, 0.25) is 0 Å². The van der Waals surface area contributed by atoms with Crippen molar-refractivity contribution < 1.29 is 14.5 Å². The van der Waals surface area contributed by atoms with E-state index in [0.29, 0.717) is 22.2 Å².